The van der Waals surface area contributed by atoms with Gasteiger partial charge in [0.05, 0.1) is 6.61 Å². The van der Waals surface area contributed by atoms with Gasteiger partial charge in [0.2, 0.25) is 0 Å². The molecule has 0 heterocycles. The van der Waals surface area contributed by atoms with Gasteiger partial charge in [0.1, 0.15) is 6.61 Å². The first-order valence-corrected chi connectivity index (χ1v) is 32.7. The lowest BCUT2D eigenvalue weighted by molar-refractivity contribution is -0.161. The van der Waals surface area contributed by atoms with E-state index in [0.717, 1.165) is 57.8 Å². The van der Waals surface area contributed by atoms with Gasteiger partial charge in [-0.25, -0.2) is 0 Å². The molecule has 0 aromatic rings. The Labute approximate surface area is 456 Å². The highest BCUT2D eigenvalue weighted by Gasteiger charge is 2.16. The van der Waals surface area contributed by atoms with Crippen molar-refractivity contribution in [3.8, 4) is 0 Å². The minimum Gasteiger partial charge on any atom is -0.462 e. The quantitative estimate of drug-likeness (QED) is 0.0373. The summed E-state index contributed by atoms with van der Waals surface area (Å²) in [4.78, 5) is 24.5. The van der Waals surface area contributed by atoms with Crippen LogP contribution in [0, 0.1) is 0 Å². The third-order valence-electron chi connectivity index (χ3n) is 14.9. The van der Waals surface area contributed by atoms with Crippen LogP contribution in [-0.2, 0) is 19.1 Å². The molecular weight excluding hydrogens is 897 g/mol. The Morgan fingerprint density at radius 1 is 0.329 bits per heavy atom. The van der Waals surface area contributed by atoms with E-state index in [-0.39, 0.29) is 25.2 Å². The molecule has 0 aliphatic rings. The summed E-state index contributed by atoms with van der Waals surface area (Å²) >= 11 is 0. The number of unbranched alkanes of at least 4 members (excludes halogenated alkanes) is 45. The van der Waals surface area contributed by atoms with Crippen LogP contribution in [0.3, 0.4) is 0 Å². The molecule has 5 nitrogen and oxygen atoms in total. The second-order valence-corrected chi connectivity index (χ2v) is 22.2. The van der Waals surface area contributed by atoms with E-state index in [1.54, 1.807) is 0 Å². The predicted molar refractivity (Wildman–Crippen MR) is 321 cm³/mol. The Kier molecular flexibility index (Phi) is 62.3. The van der Waals surface area contributed by atoms with Crippen LogP contribution in [0.2, 0.25) is 0 Å². The Morgan fingerprint density at radius 3 is 0.890 bits per heavy atom. The average molecular weight is 1020 g/mol. The molecule has 5 heteroatoms. The number of aliphatic hydroxyl groups is 1. The number of hydrogen-bond acceptors (Lipinski definition) is 5. The van der Waals surface area contributed by atoms with Crippen LogP contribution in [-0.4, -0.2) is 36.4 Å². The van der Waals surface area contributed by atoms with E-state index >= 15 is 0 Å². The third-order valence-corrected chi connectivity index (χ3v) is 14.9. The van der Waals surface area contributed by atoms with Crippen molar-refractivity contribution < 1.29 is 24.2 Å². The van der Waals surface area contributed by atoms with Crippen molar-refractivity contribution in [1.82, 2.24) is 0 Å². The topological polar surface area (TPSA) is 72.8 Å². The summed E-state index contributed by atoms with van der Waals surface area (Å²) in [5, 5.41) is 9.67. The molecule has 0 fully saturated rings. The molecule has 0 aliphatic heterocycles. The number of carbonyl (C=O) groups is 2. The normalized spacial score (nSPS) is 12.4. The minimum atomic E-state index is -0.767. The van der Waals surface area contributed by atoms with Crippen LogP contribution in [0.15, 0.2) is 48.6 Å². The van der Waals surface area contributed by atoms with Crippen LogP contribution >= 0.6 is 0 Å². The molecule has 0 aliphatic carbocycles. The monoisotopic (exact) mass is 1020 g/mol. The zero-order valence-corrected chi connectivity index (χ0v) is 49.2. The van der Waals surface area contributed by atoms with Gasteiger partial charge >= 0.3 is 11.9 Å². The van der Waals surface area contributed by atoms with Crippen LogP contribution in [0.25, 0.3) is 0 Å². The van der Waals surface area contributed by atoms with E-state index in [4.69, 9.17) is 9.47 Å². The van der Waals surface area contributed by atoms with Crippen molar-refractivity contribution in [2.24, 2.45) is 0 Å². The lowest BCUT2D eigenvalue weighted by atomic mass is 10.0. The molecule has 0 aromatic carbocycles. The molecule has 1 N–H and O–H groups in total. The molecule has 1 unspecified atom stereocenters. The summed E-state index contributed by atoms with van der Waals surface area (Å²) in [6.07, 6.45) is 85.7. The van der Waals surface area contributed by atoms with Gasteiger partial charge in [0.15, 0.2) is 6.10 Å². The summed E-state index contributed by atoms with van der Waals surface area (Å²) in [5.41, 5.74) is 0. The van der Waals surface area contributed by atoms with Crippen molar-refractivity contribution in [3.63, 3.8) is 0 Å². The highest BCUT2D eigenvalue weighted by Crippen LogP contribution is 2.19. The van der Waals surface area contributed by atoms with Crippen molar-refractivity contribution >= 4 is 11.9 Å². The summed E-state index contributed by atoms with van der Waals surface area (Å²) in [6.45, 7) is 4.08. The molecule has 1 atom stereocenters. The second-order valence-electron chi connectivity index (χ2n) is 22.2. The van der Waals surface area contributed by atoms with E-state index in [9.17, 15) is 14.7 Å². The van der Waals surface area contributed by atoms with Gasteiger partial charge in [-0.3, -0.25) is 9.59 Å². The van der Waals surface area contributed by atoms with E-state index in [2.05, 4.69) is 62.5 Å². The van der Waals surface area contributed by atoms with Gasteiger partial charge in [0, 0.05) is 12.8 Å². The van der Waals surface area contributed by atoms with Gasteiger partial charge in [-0.2, -0.15) is 0 Å². The summed E-state index contributed by atoms with van der Waals surface area (Å²) in [5.74, 6) is -0.567. The molecule has 0 aromatic heterocycles. The fourth-order valence-corrected chi connectivity index (χ4v) is 10.0. The number of ether oxygens (including phenoxy) is 2. The zero-order valence-electron chi connectivity index (χ0n) is 49.2. The van der Waals surface area contributed by atoms with E-state index in [0.29, 0.717) is 12.8 Å². The predicted octanol–water partition coefficient (Wildman–Crippen LogP) is 22.4. The van der Waals surface area contributed by atoms with Crippen LogP contribution in [0.5, 0.6) is 0 Å². The second kappa shape index (κ2) is 64.1. The number of rotatable bonds is 61. The maximum atomic E-state index is 12.3. The average Bonchev–Trinajstić information content (AvgIpc) is 3.39. The fourth-order valence-electron chi connectivity index (χ4n) is 10.0. The van der Waals surface area contributed by atoms with Gasteiger partial charge in [-0.05, 0) is 51.4 Å². The van der Waals surface area contributed by atoms with E-state index in [1.807, 2.05) is 0 Å². The maximum absolute atomic E-state index is 12.3. The largest absolute Gasteiger partial charge is 0.462 e. The molecule has 0 saturated carbocycles. The Hall–Kier alpha value is -2.14. The molecule has 73 heavy (non-hydrogen) atoms. The molecule has 0 saturated heterocycles. The Morgan fingerprint density at radius 2 is 0.589 bits per heavy atom. The number of aliphatic hydroxyl groups excluding tert-OH is 1. The number of hydrogen-bond donors (Lipinski definition) is 1. The SMILES string of the molecule is CC/C=C\C/C=C\C/C=C\C/C=C\CCCCCCCCCCCCCCCCCCCCCCCCCCCCCCC(=O)OC(CO)COC(=O)CCCCCCCCCCCCCCCCCCCC. The van der Waals surface area contributed by atoms with Crippen molar-refractivity contribution in [2.75, 3.05) is 13.2 Å². The standard InChI is InChI=1S/C68H126O5/c1-3-5-7-9-11-13-15-17-19-21-23-24-25-26-27-28-29-30-31-32-33-34-35-36-37-38-39-40-41-42-43-44-45-47-49-51-53-55-57-59-61-63-68(71)73-66(64-69)65-72-67(70)62-60-58-56-54-52-50-48-46-22-20-18-16-14-12-10-8-6-4-2/h5,7,11,13,17,19,23-24,66,69H,3-4,6,8-10,12,14-16,18,20-22,25-65H2,1-2H3/b7-5-,13-11-,19-17-,24-23-. The lowest BCUT2D eigenvalue weighted by Gasteiger charge is -2.15. The molecule has 0 amide bonds. The van der Waals surface area contributed by atoms with E-state index in [1.165, 1.54) is 270 Å². The molecule has 0 radical (unpaired) electrons. The van der Waals surface area contributed by atoms with Crippen LogP contribution in [0.1, 0.15) is 354 Å². The van der Waals surface area contributed by atoms with Gasteiger partial charge < -0.3 is 14.6 Å². The molecular formula is C68H126O5. The first-order chi connectivity index (χ1) is 36.1. The van der Waals surface area contributed by atoms with Crippen LogP contribution < -0.4 is 0 Å². The highest BCUT2D eigenvalue weighted by molar-refractivity contribution is 5.70. The van der Waals surface area contributed by atoms with Gasteiger partial charge in [-0.15, -0.1) is 0 Å². The van der Waals surface area contributed by atoms with Gasteiger partial charge in [-0.1, -0.05) is 339 Å². The molecule has 0 spiro atoms. The zero-order chi connectivity index (χ0) is 52.7. The molecule has 0 rings (SSSR count). The van der Waals surface area contributed by atoms with E-state index < -0.39 is 6.10 Å². The maximum Gasteiger partial charge on any atom is 0.306 e. The summed E-state index contributed by atoms with van der Waals surface area (Å²) in [7, 11) is 0. The third kappa shape index (κ3) is 62.3. The van der Waals surface area contributed by atoms with Crippen molar-refractivity contribution in [3.05, 3.63) is 48.6 Å². The van der Waals surface area contributed by atoms with Crippen molar-refractivity contribution in [1.29, 1.82) is 0 Å². The van der Waals surface area contributed by atoms with Crippen LogP contribution in [0.4, 0.5) is 0 Å². The minimum absolute atomic E-state index is 0.0582. The van der Waals surface area contributed by atoms with Gasteiger partial charge in [0.25, 0.3) is 0 Å². The lowest BCUT2D eigenvalue weighted by Crippen LogP contribution is -2.28. The Balaban J connectivity index is 3.36. The van der Waals surface area contributed by atoms with Crippen molar-refractivity contribution in [2.45, 2.75) is 360 Å². The first kappa shape index (κ1) is 70.9. The molecule has 428 valence electrons. The highest BCUT2D eigenvalue weighted by atomic mass is 16.6. The number of carbonyl (C=O) groups excluding carboxylic acids is 2. The Bertz CT molecular complexity index is 1200. The smallest absolute Gasteiger partial charge is 0.306 e. The number of allylic oxidation sites excluding steroid dienone is 8. The fraction of sp³-hybridized carbons (Fsp3) is 0.853. The summed E-state index contributed by atoms with van der Waals surface area (Å²) in [6, 6.07) is 0. The summed E-state index contributed by atoms with van der Waals surface area (Å²) < 4.78 is 10.7. The first-order valence-electron chi connectivity index (χ1n) is 32.7. The number of esters is 2. The molecule has 0 bridgehead atoms.